The van der Waals surface area contributed by atoms with Gasteiger partial charge in [-0.05, 0) is 41.3 Å². The smallest absolute Gasteiger partial charge is 0.417 e. The van der Waals surface area contributed by atoms with E-state index in [4.69, 9.17) is 16.3 Å². The number of alkyl halides is 3. The van der Waals surface area contributed by atoms with Gasteiger partial charge in [0.2, 0.25) is 5.91 Å². The van der Waals surface area contributed by atoms with E-state index in [1.54, 1.807) is 30.3 Å². The minimum atomic E-state index is -4.68. The predicted molar refractivity (Wildman–Crippen MR) is 164 cm³/mol. The molecule has 0 aromatic heterocycles. The van der Waals surface area contributed by atoms with Gasteiger partial charge in [0.15, 0.2) is 0 Å². The van der Waals surface area contributed by atoms with Crippen molar-refractivity contribution in [1.82, 2.24) is 0 Å². The average Bonchev–Trinajstić information content (AvgIpc) is 2.97. The van der Waals surface area contributed by atoms with Crippen molar-refractivity contribution in [3.63, 3.8) is 0 Å². The van der Waals surface area contributed by atoms with Crippen LogP contribution in [0.4, 0.5) is 18.9 Å². The number of aryl methyl sites for hydroxylation is 1. The van der Waals surface area contributed by atoms with E-state index in [0.29, 0.717) is 33.6 Å². The van der Waals surface area contributed by atoms with Gasteiger partial charge in [0.25, 0.3) is 0 Å². The van der Waals surface area contributed by atoms with Gasteiger partial charge in [-0.25, -0.2) is 0 Å². The highest BCUT2D eigenvalue weighted by molar-refractivity contribution is 6.39. The summed E-state index contributed by atoms with van der Waals surface area (Å²) >= 11 is 7.36. The normalized spacial score (nSPS) is 11.3. The van der Waals surface area contributed by atoms with Crippen LogP contribution in [0.2, 0.25) is 5.02 Å². The molecule has 1 amide bonds. The van der Waals surface area contributed by atoms with Crippen molar-refractivity contribution < 1.29 is 22.7 Å². The van der Waals surface area contributed by atoms with Gasteiger partial charge in [-0.3, -0.25) is 4.79 Å². The van der Waals surface area contributed by atoms with Gasteiger partial charge < -0.3 is 10.1 Å². The average molecular weight is 586 g/mol. The monoisotopic (exact) mass is 585 g/mol. The molecule has 0 heterocycles. The molecule has 0 radical (unpaired) electrons. The zero-order valence-corrected chi connectivity index (χ0v) is 23.9. The van der Waals surface area contributed by atoms with E-state index in [2.05, 4.69) is 5.32 Å². The largest absolute Gasteiger partial charge is 0.496 e. The molecule has 1 N–H and O–H groups in total. The van der Waals surface area contributed by atoms with Crippen molar-refractivity contribution in [3.05, 3.63) is 119 Å². The lowest BCUT2D eigenvalue weighted by Gasteiger charge is -2.28. The number of carbonyl (C=O) groups excluding carboxylic acids is 1. The van der Waals surface area contributed by atoms with Crippen LogP contribution >= 0.6 is 11.6 Å². The Morgan fingerprint density at radius 3 is 1.90 bits per heavy atom. The van der Waals surface area contributed by atoms with Crippen LogP contribution in [0.3, 0.4) is 0 Å². The fourth-order valence-corrected chi connectivity index (χ4v) is 5.74. The Balaban J connectivity index is 2.14. The molecule has 5 aromatic carbocycles. The number of benzene rings is 5. The van der Waals surface area contributed by atoms with Gasteiger partial charge in [-0.1, -0.05) is 103 Å². The topological polar surface area (TPSA) is 38.3 Å². The molecular formula is C35H27ClF3NO2. The number of methoxy groups -OCH3 is 1. The maximum Gasteiger partial charge on any atom is 0.417 e. The summed E-state index contributed by atoms with van der Waals surface area (Å²) in [4.78, 5) is 12.8. The highest BCUT2D eigenvalue weighted by Crippen LogP contribution is 2.56. The Kier molecular flexibility index (Phi) is 8.10. The molecule has 0 unspecified atom stereocenters. The lowest BCUT2D eigenvalue weighted by atomic mass is 9.80. The zero-order valence-electron chi connectivity index (χ0n) is 23.1. The Morgan fingerprint density at radius 2 is 1.29 bits per heavy atom. The Labute approximate surface area is 247 Å². The standard InChI is InChI=1S/C35H27ClF3NO2/c1-21-13-7-8-16-24(21)31-30(26-18-10-12-20-28(26)42-3)32(25-17-9-11-19-27(25)35(37,38)39)34(40-22(2)41)29(33(31)36)23-14-5-4-6-15-23/h4-20H,1-3H3,(H,40,41). The van der Waals surface area contributed by atoms with Crippen LogP contribution in [-0.4, -0.2) is 13.0 Å². The van der Waals surface area contributed by atoms with Crippen LogP contribution in [-0.2, 0) is 11.0 Å². The molecule has 42 heavy (non-hydrogen) atoms. The number of carbonyl (C=O) groups is 1. The van der Waals surface area contributed by atoms with Crippen LogP contribution in [0.15, 0.2) is 103 Å². The first kappa shape index (κ1) is 29.0. The number of amides is 1. The minimum absolute atomic E-state index is 0.0988. The minimum Gasteiger partial charge on any atom is -0.496 e. The summed E-state index contributed by atoms with van der Waals surface area (Å²) in [5.41, 5.74) is 3.54. The molecule has 0 aliphatic heterocycles. The second kappa shape index (κ2) is 11.7. The van der Waals surface area contributed by atoms with Gasteiger partial charge in [-0.15, -0.1) is 0 Å². The van der Waals surface area contributed by atoms with Crippen LogP contribution in [0.25, 0.3) is 44.5 Å². The summed E-state index contributed by atoms with van der Waals surface area (Å²) in [5, 5.41) is 3.15. The number of hydrogen-bond acceptors (Lipinski definition) is 2. The highest BCUT2D eigenvalue weighted by atomic mass is 35.5. The lowest BCUT2D eigenvalue weighted by Crippen LogP contribution is -2.13. The molecule has 0 aliphatic rings. The zero-order chi connectivity index (χ0) is 30.0. The van der Waals surface area contributed by atoms with E-state index < -0.39 is 17.6 Å². The SMILES string of the molecule is COc1ccccc1-c1c(-c2ccccc2C)c(Cl)c(-c2ccccc2)c(NC(C)=O)c1-c1ccccc1C(F)(F)F. The van der Waals surface area contributed by atoms with Crippen LogP contribution in [0.1, 0.15) is 18.1 Å². The number of ether oxygens (including phenoxy) is 1. The number of para-hydroxylation sites is 1. The molecular weight excluding hydrogens is 559 g/mol. The molecule has 0 saturated carbocycles. The van der Waals surface area contributed by atoms with Crippen molar-refractivity contribution >= 4 is 23.2 Å². The first-order valence-electron chi connectivity index (χ1n) is 13.2. The molecule has 212 valence electrons. The predicted octanol–water partition coefficient (Wildman–Crippen LogP) is 10.3. The van der Waals surface area contributed by atoms with Gasteiger partial charge in [0.05, 0.1) is 23.4 Å². The van der Waals surface area contributed by atoms with Gasteiger partial charge >= 0.3 is 6.18 Å². The molecule has 5 aromatic rings. The Bertz CT molecular complexity index is 1780. The van der Waals surface area contributed by atoms with E-state index in [9.17, 15) is 18.0 Å². The van der Waals surface area contributed by atoms with Crippen molar-refractivity contribution in [3.8, 4) is 50.3 Å². The quantitative estimate of drug-likeness (QED) is 0.215. The van der Waals surface area contributed by atoms with E-state index >= 15 is 0 Å². The molecule has 3 nitrogen and oxygen atoms in total. The van der Waals surface area contributed by atoms with Gasteiger partial charge in [0, 0.05) is 34.7 Å². The van der Waals surface area contributed by atoms with Crippen molar-refractivity contribution in [1.29, 1.82) is 0 Å². The first-order valence-corrected chi connectivity index (χ1v) is 13.6. The molecule has 0 saturated heterocycles. The third kappa shape index (κ3) is 5.38. The molecule has 5 rings (SSSR count). The third-order valence-corrected chi connectivity index (χ3v) is 7.47. The summed E-state index contributed by atoms with van der Waals surface area (Å²) in [6.07, 6.45) is -4.68. The highest BCUT2D eigenvalue weighted by Gasteiger charge is 2.37. The molecule has 0 fully saturated rings. The summed E-state index contributed by atoms with van der Waals surface area (Å²) in [6.45, 7) is 3.24. The molecule has 0 atom stereocenters. The maximum atomic E-state index is 14.7. The first-order chi connectivity index (χ1) is 20.1. The molecule has 0 aliphatic carbocycles. The Hall–Kier alpha value is -4.55. The number of halogens is 4. The Morgan fingerprint density at radius 1 is 0.714 bits per heavy atom. The summed E-state index contributed by atoms with van der Waals surface area (Å²) in [5.74, 6) is -0.0148. The van der Waals surface area contributed by atoms with Gasteiger partial charge in [0.1, 0.15) is 5.75 Å². The van der Waals surface area contributed by atoms with Crippen LogP contribution in [0, 0.1) is 6.92 Å². The number of rotatable bonds is 6. The second-order valence-corrected chi connectivity index (χ2v) is 10.2. The number of anilines is 1. The van der Waals surface area contributed by atoms with Crippen molar-refractivity contribution in [2.24, 2.45) is 0 Å². The van der Waals surface area contributed by atoms with E-state index in [1.165, 1.54) is 26.2 Å². The second-order valence-electron chi connectivity index (χ2n) is 9.79. The summed E-state index contributed by atoms with van der Waals surface area (Å²) in [7, 11) is 1.50. The van der Waals surface area contributed by atoms with E-state index in [0.717, 1.165) is 17.2 Å². The van der Waals surface area contributed by atoms with Crippen LogP contribution in [0.5, 0.6) is 5.75 Å². The number of hydrogen-bond donors (Lipinski definition) is 1. The van der Waals surface area contributed by atoms with Gasteiger partial charge in [-0.2, -0.15) is 13.2 Å². The fourth-order valence-electron chi connectivity index (χ4n) is 5.34. The van der Waals surface area contributed by atoms with Crippen molar-refractivity contribution in [2.45, 2.75) is 20.0 Å². The van der Waals surface area contributed by atoms with E-state index in [1.807, 2.05) is 61.5 Å². The lowest BCUT2D eigenvalue weighted by molar-refractivity contribution is -0.137. The number of nitrogens with one attached hydrogen (secondary N) is 1. The molecule has 0 bridgehead atoms. The third-order valence-electron chi connectivity index (χ3n) is 7.09. The summed E-state index contributed by atoms with van der Waals surface area (Å²) < 4.78 is 49.7. The fraction of sp³-hybridized carbons (Fsp3) is 0.114. The van der Waals surface area contributed by atoms with Crippen molar-refractivity contribution in [2.75, 3.05) is 12.4 Å². The maximum absolute atomic E-state index is 14.7. The molecule has 0 spiro atoms. The van der Waals surface area contributed by atoms with E-state index in [-0.39, 0.29) is 21.8 Å². The summed E-state index contributed by atoms with van der Waals surface area (Å²) in [6, 6.07) is 29.1. The molecule has 7 heteroatoms. The van der Waals surface area contributed by atoms with Crippen LogP contribution < -0.4 is 10.1 Å².